The third kappa shape index (κ3) is 6.22. The van der Waals surface area contributed by atoms with Crippen LogP contribution in [0.3, 0.4) is 0 Å². The van der Waals surface area contributed by atoms with E-state index in [1.807, 2.05) is 48.8 Å². The molecule has 0 N–H and O–H groups in total. The van der Waals surface area contributed by atoms with Crippen molar-refractivity contribution in [3.63, 3.8) is 0 Å². The fourth-order valence-electron chi connectivity index (χ4n) is 8.38. The number of rotatable bonds is 8. The topological polar surface area (TPSA) is 38.9 Å². The van der Waals surface area contributed by atoms with E-state index in [-0.39, 0.29) is 0 Å². The molecular weight excluding hydrogens is 719 g/mol. The minimum atomic E-state index is 0.952. The molecule has 0 aliphatic heterocycles. The lowest BCUT2D eigenvalue weighted by atomic mass is 10.0. The SMILES string of the molecule is c1ccc(-n2ccc3cc4c(cc32)c2cc(-c3ccc(N(c5ccc(-c6ccccn6)cc5)c5ccc(-c6ccccn6)cc5)cc3)ccc2n4-c2ccccc2)cc1. The molecule has 5 heteroatoms. The maximum absolute atomic E-state index is 4.57. The number of aromatic nitrogens is 4. The third-order valence-electron chi connectivity index (χ3n) is 11.3. The van der Waals surface area contributed by atoms with Crippen molar-refractivity contribution >= 4 is 49.8 Å². The zero-order chi connectivity index (χ0) is 39.1. The van der Waals surface area contributed by atoms with Crippen LogP contribution in [0.4, 0.5) is 17.1 Å². The molecule has 4 aromatic heterocycles. The van der Waals surface area contributed by atoms with Crippen LogP contribution in [-0.4, -0.2) is 19.1 Å². The standard InChI is InChI=1S/C54H37N5/c1-3-11-43(12-4-1)57-34-31-42-36-54-49(37-53(42)57)48-35-41(23-30-52(48)59(54)44-13-5-2-6-14-44)38-17-24-45(25-18-38)58(46-26-19-39(20-27-46)50-15-7-9-32-55-50)47-28-21-40(22-29-47)51-16-8-10-33-56-51/h1-37H. The van der Waals surface area contributed by atoms with Crippen molar-refractivity contribution in [3.8, 4) is 45.0 Å². The summed E-state index contributed by atoms with van der Waals surface area (Å²) in [7, 11) is 0. The summed E-state index contributed by atoms with van der Waals surface area (Å²) in [4.78, 5) is 11.5. The van der Waals surface area contributed by atoms with E-state index in [4.69, 9.17) is 0 Å². The number of pyridine rings is 2. The zero-order valence-corrected chi connectivity index (χ0v) is 32.1. The van der Waals surface area contributed by atoms with Gasteiger partial charge in [0.2, 0.25) is 0 Å². The Kier molecular flexibility index (Phi) is 8.41. The summed E-state index contributed by atoms with van der Waals surface area (Å²) in [5, 5.41) is 3.65. The largest absolute Gasteiger partial charge is 0.317 e. The van der Waals surface area contributed by atoms with Gasteiger partial charge in [0.05, 0.1) is 27.9 Å². The summed E-state index contributed by atoms with van der Waals surface area (Å²) in [5.74, 6) is 0. The van der Waals surface area contributed by atoms with Crippen LogP contribution in [0.25, 0.3) is 77.7 Å². The van der Waals surface area contributed by atoms with E-state index in [0.717, 1.165) is 56.5 Å². The van der Waals surface area contributed by atoms with Crippen molar-refractivity contribution in [1.82, 2.24) is 19.1 Å². The van der Waals surface area contributed by atoms with Crippen molar-refractivity contribution in [3.05, 3.63) is 225 Å². The Balaban J connectivity index is 1.01. The van der Waals surface area contributed by atoms with Gasteiger partial charge in [0.1, 0.15) is 0 Å². The van der Waals surface area contributed by atoms with Crippen LogP contribution in [0.1, 0.15) is 0 Å². The van der Waals surface area contributed by atoms with Crippen LogP contribution in [-0.2, 0) is 0 Å². The number of fused-ring (bicyclic) bond motifs is 4. The Hall–Kier alpha value is -8.02. The van der Waals surface area contributed by atoms with Gasteiger partial charge in [-0.25, -0.2) is 0 Å². The van der Waals surface area contributed by atoms with Crippen LogP contribution in [0, 0.1) is 0 Å². The molecule has 0 radical (unpaired) electrons. The third-order valence-corrected chi connectivity index (χ3v) is 11.3. The van der Waals surface area contributed by atoms with E-state index in [1.54, 1.807) is 0 Å². The Bertz CT molecular complexity index is 3130. The van der Waals surface area contributed by atoms with Crippen molar-refractivity contribution in [1.29, 1.82) is 0 Å². The first-order valence-corrected chi connectivity index (χ1v) is 19.9. The highest BCUT2D eigenvalue weighted by Crippen LogP contribution is 2.40. The monoisotopic (exact) mass is 755 g/mol. The normalized spacial score (nSPS) is 11.4. The van der Waals surface area contributed by atoms with Gasteiger partial charge in [0, 0.05) is 74.3 Å². The van der Waals surface area contributed by atoms with Crippen molar-refractivity contribution in [2.24, 2.45) is 0 Å². The highest BCUT2D eigenvalue weighted by atomic mass is 15.1. The van der Waals surface area contributed by atoms with Gasteiger partial charge in [0.25, 0.3) is 0 Å². The number of anilines is 3. The van der Waals surface area contributed by atoms with Gasteiger partial charge in [-0.3, -0.25) is 9.97 Å². The fourth-order valence-corrected chi connectivity index (χ4v) is 8.38. The molecule has 5 nitrogen and oxygen atoms in total. The summed E-state index contributed by atoms with van der Waals surface area (Å²) < 4.78 is 4.68. The van der Waals surface area contributed by atoms with E-state index in [0.29, 0.717) is 0 Å². The van der Waals surface area contributed by atoms with Gasteiger partial charge >= 0.3 is 0 Å². The molecule has 0 aliphatic carbocycles. The Morgan fingerprint density at radius 1 is 0.356 bits per heavy atom. The molecule has 59 heavy (non-hydrogen) atoms. The van der Waals surface area contributed by atoms with Crippen LogP contribution in [0.2, 0.25) is 0 Å². The number of hydrogen-bond acceptors (Lipinski definition) is 3. The van der Waals surface area contributed by atoms with Crippen LogP contribution in [0.5, 0.6) is 0 Å². The van der Waals surface area contributed by atoms with Gasteiger partial charge in [-0.1, -0.05) is 91.0 Å². The van der Waals surface area contributed by atoms with Crippen LogP contribution >= 0.6 is 0 Å². The molecule has 7 aromatic carbocycles. The lowest BCUT2D eigenvalue weighted by Crippen LogP contribution is -2.09. The summed E-state index contributed by atoms with van der Waals surface area (Å²) in [6.07, 6.45) is 5.85. The maximum atomic E-state index is 4.57. The lowest BCUT2D eigenvalue weighted by molar-refractivity contribution is 1.13. The molecule has 0 spiro atoms. The Morgan fingerprint density at radius 3 is 1.42 bits per heavy atom. The van der Waals surface area contributed by atoms with E-state index >= 15 is 0 Å². The van der Waals surface area contributed by atoms with Crippen molar-refractivity contribution < 1.29 is 0 Å². The Morgan fingerprint density at radius 2 is 0.864 bits per heavy atom. The minimum absolute atomic E-state index is 0.952. The molecule has 4 heterocycles. The highest BCUT2D eigenvalue weighted by molar-refractivity contribution is 6.14. The average Bonchev–Trinajstić information content (AvgIpc) is 3.88. The van der Waals surface area contributed by atoms with Crippen LogP contribution in [0.15, 0.2) is 225 Å². The molecule has 0 saturated heterocycles. The second-order valence-electron chi connectivity index (χ2n) is 14.8. The average molecular weight is 756 g/mol. The van der Waals surface area contributed by atoms with E-state index in [9.17, 15) is 0 Å². The van der Waals surface area contributed by atoms with Gasteiger partial charge in [-0.2, -0.15) is 0 Å². The van der Waals surface area contributed by atoms with E-state index in [1.165, 1.54) is 38.3 Å². The number of para-hydroxylation sites is 2. The van der Waals surface area contributed by atoms with Crippen molar-refractivity contribution in [2.75, 3.05) is 4.90 Å². The molecule has 0 saturated carbocycles. The molecule has 278 valence electrons. The molecule has 0 amide bonds. The van der Waals surface area contributed by atoms with Crippen molar-refractivity contribution in [2.45, 2.75) is 0 Å². The molecule has 0 atom stereocenters. The van der Waals surface area contributed by atoms with Gasteiger partial charge < -0.3 is 14.0 Å². The lowest BCUT2D eigenvalue weighted by Gasteiger charge is -2.26. The summed E-state index contributed by atoms with van der Waals surface area (Å²) in [6.45, 7) is 0. The molecule has 11 aromatic rings. The van der Waals surface area contributed by atoms with Gasteiger partial charge in [-0.15, -0.1) is 0 Å². The number of nitrogens with zero attached hydrogens (tertiary/aromatic N) is 5. The Labute approximate surface area is 342 Å². The molecule has 0 fully saturated rings. The summed E-state index contributed by atoms with van der Waals surface area (Å²) in [5.41, 5.74) is 15.4. The second kappa shape index (κ2) is 14.5. The number of benzene rings is 7. The second-order valence-corrected chi connectivity index (χ2v) is 14.8. The summed E-state index contributed by atoms with van der Waals surface area (Å²) in [6, 6.07) is 73.3. The first-order valence-electron chi connectivity index (χ1n) is 19.9. The molecular formula is C54H37N5. The van der Waals surface area contributed by atoms with E-state index in [2.05, 4.69) is 200 Å². The maximum Gasteiger partial charge on any atom is 0.0701 e. The molecule has 0 bridgehead atoms. The summed E-state index contributed by atoms with van der Waals surface area (Å²) >= 11 is 0. The molecule has 0 aliphatic rings. The first kappa shape index (κ1) is 34.2. The fraction of sp³-hybridized carbons (Fsp3) is 0. The molecule has 0 unspecified atom stereocenters. The van der Waals surface area contributed by atoms with Gasteiger partial charge in [-0.05, 0) is 126 Å². The smallest absolute Gasteiger partial charge is 0.0701 e. The van der Waals surface area contributed by atoms with E-state index < -0.39 is 0 Å². The first-order chi connectivity index (χ1) is 29.2. The predicted octanol–water partition coefficient (Wildman–Crippen LogP) is 14.0. The quantitative estimate of drug-likeness (QED) is 0.155. The zero-order valence-electron chi connectivity index (χ0n) is 32.1. The van der Waals surface area contributed by atoms with Crippen LogP contribution < -0.4 is 4.90 Å². The predicted molar refractivity (Wildman–Crippen MR) is 244 cm³/mol. The molecule has 11 rings (SSSR count). The number of hydrogen-bond donors (Lipinski definition) is 0. The minimum Gasteiger partial charge on any atom is -0.317 e. The van der Waals surface area contributed by atoms with Gasteiger partial charge in [0.15, 0.2) is 0 Å². The highest BCUT2D eigenvalue weighted by Gasteiger charge is 2.18.